The first kappa shape index (κ1) is 21.0. The zero-order valence-corrected chi connectivity index (χ0v) is 16.5. The fourth-order valence-corrected chi connectivity index (χ4v) is 3.35. The molecule has 0 aliphatic rings. The second-order valence-corrected chi connectivity index (χ2v) is 7.30. The molecule has 0 spiro atoms. The highest BCUT2D eigenvalue weighted by Gasteiger charge is 2.16. The first-order valence-electron chi connectivity index (χ1n) is 7.63. The normalized spacial score (nSPS) is 10.3. The molecule has 0 aliphatic carbocycles. The van der Waals surface area contributed by atoms with Crippen molar-refractivity contribution in [2.45, 2.75) is 4.90 Å². The van der Waals surface area contributed by atoms with Gasteiger partial charge in [0.2, 0.25) is 11.8 Å². The number of thioether (sulfide) groups is 1. The van der Waals surface area contributed by atoms with Crippen molar-refractivity contribution in [3.63, 3.8) is 0 Å². The van der Waals surface area contributed by atoms with Crippen LogP contribution < -0.4 is 5.32 Å². The summed E-state index contributed by atoms with van der Waals surface area (Å²) >= 11 is 13.2. The molecule has 142 valence electrons. The van der Waals surface area contributed by atoms with E-state index in [4.69, 9.17) is 23.2 Å². The Kier molecular flexibility index (Phi) is 7.46. The van der Waals surface area contributed by atoms with Crippen LogP contribution in [0.1, 0.15) is 0 Å². The van der Waals surface area contributed by atoms with Crippen molar-refractivity contribution >= 4 is 58.2 Å². The minimum Gasteiger partial charge on any atom is -0.336 e. The molecular formula is C17H15Cl2N3O4S. The van der Waals surface area contributed by atoms with Gasteiger partial charge in [-0.1, -0.05) is 29.3 Å². The third-order valence-electron chi connectivity index (χ3n) is 3.44. The van der Waals surface area contributed by atoms with Gasteiger partial charge in [0.1, 0.15) is 0 Å². The number of hydrogen-bond donors (Lipinski definition) is 1. The first-order valence-corrected chi connectivity index (χ1v) is 9.37. The van der Waals surface area contributed by atoms with Gasteiger partial charge in [-0.3, -0.25) is 19.7 Å². The van der Waals surface area contributed by atoms with E-state index in [1.807, 2.05) is 0 Å². The van der Waals surface area contributed by atoms with Gasteiger partial charge in [-0.2, -0.15) is 0 Å². The molecule has 7 nitrogen and oxygen atoms in total. The molecule has 27 heavy (non-hydrogen) atoms. The number of non-ortho nitro benzene ring substituents is 1. The van der Waals surface area contributed by atoms with E-state index in [9.17, 15) is 19.7 Å². The van der Waals surface area contributed by atoms with Gasteiger partial charge in [0.15, 0.2) is 0 Å². The second-order valence-electron chi connectivity index (χ2n) is 5.43. The third-order valence-corrected chi connectivity index (χ3v) is 5.07. The van der Waals surface area contributed by atoms with E-state index >= 15 is 0 Å². The van der Waals surface area contributed by atoms with Crippen LogP contribution in [0, 0.1) is 10.1 Å². The lowest BCUT2D eigenvalue weighted by Gasteiger charge is -2.17. The topological polar surface area (TPSA) is 92.6 Å². The molecule has 0 aliphatic heterocycles. The van der Waals surface area contributed by atoms with Gasteiger partial charge in [-0.15, -0.1) is 11.8 Å². The minimum absolute atomic E-state index is 0.0160. The Balaban J connectivity index is 1.86. The molecule has 10 heteroatoms. The predicted octanol–water partition coefficient (Wildman–Crippen LogP) is 4.09. The first-order chi connectivity index (χ1) is 12.8. The number of likely N-dealkylation sites (N-methyl/N-ethyl adjacent to an activating group) is 1. The maximum Gasteiger partial charge on any atom is 0.269 e. The van der Waals surface area contributed by atoms with Crippen molar-refractivity contribution in [3.8, 4) is 0 Å². The molecule has 0 bridgehead atoms. The molecule has 0 aromatic heterocycles. The van der Waals surface area contributed by atoms with E-state index in [0.717, 1.165) is 4.90 Å². The molecule has 2 rings (SSSR count). The average molecular weight is 428 g/mol. The number of halogens is 2. The van der Waals surface area contributed by atoms with Gasteiger partial charge in [-0.05, 0) is 24.3 Å². The number of carbonyl (C=O) groups excluding carboxylic acids is 2. The lowest BCUT2D eigenvalue weighted by molar-refractivity contribution is -0.384. The van der Waals surface area contributed by atoms with Crippen LogP contribution in [-0.2, 0) is 9.59 Å². The summed E-state index contributed by atoms with van der Waals surface area (Å²) < 4.78 is 0. The monoisotopic (exact) mass is 427 g/mol. The summed E-state index contributed by atoms with van der Waals surface area (Å²) in [6.45, 7) is -0.165. The number of carbonyl (C=O) groups is 2. The Labute approximate surface area is 169 Å². The standard InChI is InChI=1S/C17H15Cl2N3O4S/c1-21(9-15(23)20-17-13(18)3-2-4-14(17)19)16(24)10-27-12-7-5-11(6-8-12)22(25)26/h2-8H,9-10H2,1H3,(H,20,23). The molecule has 0 unspecified atom stereocenters. The van der Waals surface area contributed by atoms with Gasteiger partial charge in [0.05, 0.1) is 33.0 Å². The summed E-state index contributed by atoms with van der Waals surface area (Å²) in [7, 11) is 1.51. The molecule has 0 atom stereocenters. The maximum atomic E-state index is 12.2. The van der Waals surface area contributed by atoms with E-state index in [2.05, 4.69) is 5.32 Å². The molecule has 2 aromatic carbocycles. The largest absolute Gasteiger partial charge is 0.336 e. The lowest BCUT2D eigenvalue weighted by atomic mass is 10.3. The number of anilines is 1. The van der Waals surface area contributed by atoms with Crippen molar-refractivity contribution in [1.82, 2.24) is 4.90 Å². The smallest absolute Gasteiger partial charge is 0.269 e. The van der Waals surface area contributed by atoms with Crippen LogP contribution in [0.4, 0.5) is 11.4 Å². The Morgan fingerprint density at radius 1 is 1.15 bits per heavy atom. The van der Waals surface area contributed by atoms with Crippen molar-refractivity contribution in [3.05, 3.63) is 62.6 Å². The van der Waals surface area contributed by atoms with Crippen LogP contribution in [-0.4, -0.2) is 41.0 Å². The highest BCUT2D eigenvalue weighted by Crippen LogP contribution is 2.29. The fourth-order valence-electron chi connectivity index (χ4n) is 2.02. The van der Waals surface area contributed by atoms with Crippen molar-refractivity contribution in [2.24, 2.45) is 0 Å². The molecule has 0 radical (unpaired) electrons. The van der Waals surface area contributed by atoms with E-state index in [1.54, 1.807) is 30.3 Å². The fraction of sp³-hybridized carbons (Fsp3) is 0.176. The quantitative estimate of drug-likeness (QED) is 0.407. The maximum absolute atomic E-state index is 12.2. The van der Waals surface area contributed by atoms with Crippen molar-refractivity contribution < 1.29 is 14.5 Å². The zero-order chi connectivity index (χ0) is 20.0. The number of nitro benzene ring substituents is 1. The summed E-state index contributed by atoms with van der Waals surface area (Å²) in [6, 6.07) is 10.7. The second kappa shape index (κ2) is 9.59. The zero-order valence-electron chi connectivity index (χ0n) is 14.1. The summed E-state index contributed by atoms with van der Waals surface area (Å²) in [5, 5.41) is 13.8. The highest BCUT2D eigenvalue weighted by molar-refractivity contribution is 8.00. The van der Waals surface area contributed by atoms with Crippen LogP contribution in [0.25, 0.3) is 0 Å². The Morgan fingerprint density at radius 3 is 2.30 bits per heavy atom. The van der Waals surface area contributed by atoms with Gasteiger partial charge < -0.3 is 10.2 Å². The molecule has 0 saturated carbocycles. The van der Waals surface area contributed by atoms with Gasteiger partial charge in [0, 0.05) is 24.1 Å². The molecule has 0 heterocycles. The minimum atomic E-state index is -0.489. The number of rotatable bonds is 7. The summed E-state index contributed by atoms with van der Waals surface area (Å²) in [5.74, 6) is -0.603. The number of benzene rings is 2. The van der Waals surface area contributed by atoms with Crippen LogP contribution in [0.2, 0.25) is 10.0 Å². The Bertz CT molecular complexity index is 842. The summed E-state index contributed by atoms with van der Waals surface area (Å²) in [5.41, 5.74) is 0.282. The van der Waals surface area contributed by atoms with Crippen LogP contribution in [0.3, 0.4) is 0 Å². The van der Waals surface area contributed by atoms with Crippen molar-refractivity contribution in [2.75, 3.05) is 24.7 Å². The van der Waals surface area contributed by atoms with Crippen LogP contribution >= 0.6 is 35.0 Å². The number of nitrogens with one attached hydrogen (secondary N) is 1. The SMILES string of the molecule is CN(CC(=O)Nc1c(Cl)cccc1Cl)C(=O)CSc1ccc([N+](=O)[O-])cc1. The number of para-hydroxylation sites is 1. The molecule has 0 fully saturated rings. The summed E-state index contributed by atoms with van der Waals surface area (Å²) in [6.07, 6.45) is 0. The summed E-state index contributed by atoms with van der Waals surface area (Å²) in [4.78, 5) is 36.4. The Hall–Kier alpha value is -2.29. The van der Waals surface area contributed by atoms with E-state index < -0.39 is 10.8 Å². The average Bonchev–Trinajstić information content (AvgIpc) is 2.63. The number of nitro groups is 1. The van der Waals surface area contributed by atoms with Gasteiger partial charge >= 0.3 is 0 Å². The van der Waals surface area contributed by atoms with Crippen molar-refractivity contribution in [1.29, 1.82) is 0 Å². The molecular weight excluding hydrogens is 413 g/mol. The van der Waals surface area contributed by atoms with Gasteiger partial charge in [0.25, 0.3) is 5.69 Å². The third kappa shape index (κ3) is 6.13. The molecule has 2 amide bonds. The highest BCUT2D eigenvalue weighted by atomic mass is 35.5. The number of amides is 2. The number of hydrogen-bond acceptors (Lipinski definition) is 5. The molecule has 2 aromatic rings. The number of nitrogens with zero attached hydrogens (tertiary/aromatic N) is 2. The van der Waals surface area contributed by atoms with Crippen LogP contribution in [0.5, 0.6) is 0 Å². The van der Waals surface area contributed by atoms with E-state index in [1.165, 1.54) is 35.8 Å². The molecule has 0 saturated heterocycles. The van der Waals surface area contributed by atoms with Gasteiger partial charge in [-0.25, -0.2) is 0 Å². The van der Waals surface area contributed by atoms with E-state index in [0.29, 0.717) is 15.7 Å². The lowest BCUT2D eigenvalue weighted by Crippen LogP contribution is -2.36. The van der Waals surface area contributed by atoms with E-state index in [-0.39, 0.29) is 23.9 Å². The predicted molar refractivity (Wildman–Crippen MR) is 107 cm³/mol. The van der Waals surface area contributed by atoms with Crippen LogP contribution in [0.15, 0.2) is 47.4 Å². The molecule has 1 N–H and O–H groups in total. The Morgan fingerprint density at radius 2 is 1.74 bits per heavy atom.